The molecule has 1 heterocycles. The Morgan fingerprint density at radius 2 is 2.00 bits per heavy atom. The molecule has 1 unspecified atom stereocenters. The fourth-order valence-corrected chi connectivity index (χ4v) is 4.39. The van der Waals surface area contributed by atoms with E-state index >= 15 is 0 Å². The number of nitrogens with one attached hydrogen (secondary N) is 1. The predicted octanol–water partition coefficient (Wildman–Crippen LogP) is 1.28. The molecule has 1 atom stereocenters. The molecule has 20 heavy (non-hydrogen) atoms. The van der Waals surface area contributed by atoms with Gasteiger partial charge in [-0.15, -0.1) is 0 Å². The first-order valence-corrected chi connectivity index (χ1v) is 9.36. The summed E-state index contributed by atoms with van der Waals surface area (Å²) in [7, 11) is -1.51. The summed E-state index contributed by atoms with van der Waals surface area (Å²) in [5, 5.41) is 3.41. The van der Waals surface area contributed by atoms with Gasteiger partial charge in [0.2, 0.25) is 0 Å². The molecule has 1 aliphatic heterocycles. The first-order valence-electron chi connectivity index (χ1n) is 7.96. The molecule has 118 valence electrons. The van der Waals surface area contributed by atoms with E-state index in [1.807, 2.05) is 0 Å². The van der Waals surface area contributed by atoms with Gasteiger partial charge in [-0.2, -0.15) is 17.0 Å². The third kappa shape index (κ3) is 4.41. The van der Waals surface area contributed by atoms with Crippen LogP contribution in [-0.2, 0) is 10.2 Å². The Morgan fingerprint density at radius 3 is 2.65 bits per heavy atom. The minimum atomic E-state index is -3.24. The molecule has 6 heteroatoms. The molecular formula is C14H29N3O2S. The molecule has 2 fully saturated rings. The summed E-state index contributed by atoms with van der Waals surface area (Å²) in [6.07, 6.45) is 5.61. The molecule has 0 aromatic rings. The maximum absolute atomic E-state index is 12.6. The maximum Gasteiger partial charge on any atom is 0.281 e. The van der Waals surface area contributed by atoms with Crippen LogP contribution in [0.3, 0.4) is 0 Å². The van der Waals surface area contributed by atoms with Crippen LogP contribution in [0.2, 0.25) is 0 Å². The molecule has 1 saturated carbocycles. The van der Waals surface area contributed by atoms with E-state index in [-0.39, 0.29) is 0 Å². The molecule has 0 spiro atoms. The third-order valence-electron chi connectivity index (χ3n) is 4.27. The van der Waals surface area contributed by atoms with Crippen LogP contribution in [0.5, 0.6) is 0 Å². The van der Waals surface area contributed by atoms with E-state index in [1.54, 1.807) is 15.7 Å². The largest absolute Gasteiger partial charge is 0.316 e. The highest BCUT2D eigenvalue weighted by molar-refractivity contribution is 7.86. The summed E-state index contributed by atoms with van der Waals surface area (Å²) in [6, 6.07) is 0. The Labute approximate surface area is 123 Å². The molecule has 1 aliphatic carbocycles. The standard InChI is InChI=1S/C14H29N3O2S/c1-3-8-15-10-14-5-4-9-17(12-14)20(18,19)16(2)11-13-6-7-13/h13-15H,3-12H2,1-2H3. The predicted molar refractivity (Wildman–Crippen MR) is 81.7 cm³/mol. The van der Waals surface area contributed by atoms with E-state index in [1.165, 1.54) is 12.8 Å². The van der Waals surface area contributed by atoms with E-state index in [0.29, 0.717) is 31.5 Å². The number of nitrogens with zero attached hydrogens (tertiary/aromatic N) is 2. The van der Waals surface area contributed by atoms with Crippen LogP contribution in [0.25, 0.3) is 0 Å². The Hall–Kier alpha value is -0.170. The van der Waals surface area contributed by atoms with Crippen molar-refractivity contribution in [1.82, 2.24) is 13.9 Å². The van der Waals surface area contributed by atoms with E-state index in [9.17, 15) is 8.42 Å². The molecule has 0 radical (unpaired) electrons. The van der Waals surface area contributed by atoms with Crippen molar-refractivity contribution in [2.24, 2.45) is 11.8 Å². The second-order valence-corrected chi connectivity index (χ2v) is 8.34. The SMILES string of the molecule is CCCNCC1CCCN(S(=O)(=O)N(C)CC2CC2)C1. The highest BCUT2D eigenvalue weighted by atomic mass is 32.2. The Morgan fingerprint density at radius 1 is 1.25 bits per heavy atom. The van der Waals surface area contributed by atoms with Crippen molar-refractivity contribution in [2.45, 2.75) is 39.0 Å². The van der Waals surface area contributed by atoms with E-state index in [4.69, 9.17) is 0 Å². The van der Waals surface area contributed by atoms with Crippen molar-refractivity contribution < 1.29 is 8.42 Å². The molecule has 2 aliphatic rings. The lowest BCUT2D eigenvalue weighted by molar-refractivity contribution is 0.245. The minimum Gasteiger partial charge on any atom is -0.316 e. The summed E-state index contributed by atoms with van der Waals surface area (Å²) in [4.78, 5) is 0. The van der Waals surface area contributed by atoms with Crippen molar-refractivity contribution in [2.75, 3.05) is 39.8 Å². The molecule has 2 rings (SSSR count). The van der Waals surface area contributed by atoms with Crippen molar-refractivity contribution in [3.8, 4) is 0 Å². The molecular weight excluding hydrogens is 274 g/mol. The second-order valence-electron chi connectivity index (χ2n) is 6.30. The van der Waals surface area contributed by atoms with Crippen LogP contribution in [0.15, 0.2) is 0 Å². The number of rotatable bonds is 8. The van der Waals surface area contributed by atoms with Crippen LogP contribution in [-0.4, -0.2) is 56.8 Å². The fraction of sp³-hybridized carbons (Fsp3) is 1.00. The summed E-state index contributed by atoms with van der Waals surface area (Å²) < 4.78 is 28.4. The second kappa shape index (κ2) is 7.20. The average Bonchev–Trinajstić information content (AvgIpc) is 3.23. The van der Waals surface area contributed by atoms with Gasteiger partial charge >= 0.3 is 0 Å². The van der Waals surface area contributed by atoms with Crippen molar-refractivity contribution in [3.05, 3.63) is 0 Å². The highest BCUT2D eigenvalue weighted by Crippen LogP contribution is 2.31. The quantitative estimate of drug-likeness (QED) is 0.687. The molecule has 0 bridgehead atoms. The monoisotopic (exact) mass is 303 g/mol. The lowest BCUT2D eigenvalue weighted by atomic mass is 10.00. The molecule has 5 nitrogen and oxygen atoms in total. The van der Waals surface area contributed by atoms with Gasteiger partial charge in [-0.1, -0.05) is 6.92 Å². The van der Waals surface area contributed by atoms with Crippen molar-refractivity contribution in [1.29, 1.82) is 0 Å². The highest BCUT2D eigenvalue weighted by Gasteiger charge is 2.34. The molecule has 0 aromatic carbocycles. The molecule has 0 aromatic heterocycles. The molecule has 0 amide bonds. The fourth-order valence-electron chi connectivity index (χ4n) is 2.84. The topological polar surface area (TPSA) is 52.7 Å². The van der Waals surface area contributed by atoms with E-state index < -0.39 is 10.2 Å². The van der Waals surface area contributed by atoms with Crippen LogP contribution in [0.4, 0.5) is 0 Å². The lowest BCUT2D eigenvalue weighted by Gasteiger charge is -2.34. The lowest BCUT2D eigenvalue weighted by Crippen LogP contribution is -2.48. The van der Waals surface area contributed by atoms with Gasteiger partial charge in [0.05, 0.1) is 0 Å². The average molecular weight is 303 g/mol. The van der Waals surface area contributed by atoms with Gasteiger partial charge in [-0.25, -0.2) is 0 Å². The van der Waals surface area contributed by atoms with Gasteiger partial charge in [-0.05, 0) is 57.0 Å². The Bertz CT molecular complexity index is 395. The minimum absolute atomic E-state index is 0.458. The third-order valence-corrected chi connectivity index (χ3v) is 6.19. The first kappa shape index (κ1) is 16.2. The van der Waals surface area contributed by atoms with E-state index in [0.717, 1.165) is 32.4 Å². The van der Waals surface area contributed by atoms with Gasteiger partial charge in [0.25, 0.3) is 10.2 Å². The number of hydrogen-bond donors (Lipinski definition) is 1. The zero-order valence-electron chi connectivity index (χ0n) is 12.8. The van der Waals surface area contributed by atoms with Crippen LogP contribution in [0.1, 0.15) is 39.0 Å². The summed E-state index contributed by atoms with van der Waals surface area (Å²) >= 11 is 0. The van der Waals surface area contributed by atoms with Crippen molar-refractivity contribution in [3.63, 3.8) is 0 Å². The smallest absolute Gasteiger partial charge is 0.281 e. The molecule has 1 N–H and O–H groups in total. The Balaban J connectivity index is 1.86. The van der Waals surface area contributed by atoms with Gasteiger partial charge in [0, 0.05) is 26.7 Å². The molecule has 1 saturated heterocycles. The van der Waals surface area contributed by atoms with E-state index in [2.05, 4.69) is 12.2 Å². The van der Waals surface area contributed by atoms with Crippen LogP contribution >= 0.6 is 0 Å². The maximum atomic E-state index is 12.6. The Kier molecular flexibility index (Phi) is 5.84. The normalized spacial score (nSPS) is 25.2. The van der Waals surface area contributed by atoms with Crippen LogP contribution < -0.4 is 5.32 Å². The van der Waals surface area contributed by atoms with Gasteiger partial charge < -0.3 is 5.32 Å². The van der Waals surface area contributed by atoms with Crippen molar-refractivity contribution >= 4 is 10.2 Å². The summed E-state index contributed by atoms with van der Waals surface area (Å²) in [6.45, 7) is 6.15. The van der Waals surface area contributed by atoms with Gasteiger partial charge in [0.1, 0.15) is 0 Å². The van der Waals surface area contributed by atoms with Crippen LogP contribution in [0, 0.1) is 11.8 Å². The van der Waals surface area contributed by atoms with Gasteiger partial charge in [-0.3, -0.25) is 0 Å². The number of piperidine rings is 1. The zero-order chi connectivity index (χ0) is 14.6. The zero-order valence-corrected chi connectivity index (χ0v) is 13.7. The first-order chi connectivity index (χ1) is 9.54. The summed E-state index contributed by atoms with van der Waals surface area (Å²) in [5.74, 6) is 1.06. The summed E-state index contributed by atoms with van der Waals surface area (Å²) in [5.41, 5.74) is 0. The van der Waals surface area contributed by atoms with Gasteiger partial charge in [0.15, 0.2) is 0 Å². The number of hydrogen-bond acceptors (Lipinski definition) is 3.